The van der Waals surface area contributed by atoms with E-state index in [1.54, 1.807) is 0 Å². The Balaban J connectivity index is 1.48. The van der Waals surface area contributed by atoms with Crippen molar-refractivity contribution in [2.45, 2.75) is 32.9 Å². The highest BCUT2D eigenvalue weighted by molar-refractivity contribution is 5.83. The smallest absolute Gasteiger partial charge is 0.0901 e. The van der Waals surface area contributed by atoms with E-state index in [1.165, 1.54) is 16.8 Å². The van der Waals surface area contributed by atoms with Crippen LogP contribution in [0, 0.1) is 12.8 Å². The number of benzene rings is 1. The normalized spacial score (nSPS) is 20.8. The summed E-state index contributed by atoms with van der Waals surface area (Å²) in [6, 6.07) is 4.30. The number of ether oxygens (including phenoxy) is 1. The van der Waals surface area contributed by atoms with E-state index in [4.69, 9.17) is 4.74 Å². The molecule has 4 rings (SSSR count). The van der Waals surface area contributed by atoms with Crippen LogP contribution in [0.2, 0.25) is 0 Å². The standard InChI is InChI=1S/C18H23N5O/c1-3-23-11-15(10-21-23)18-13(4-5-24-18)8-19-16-7-14-9-20-22-17(14)6-12(16)2/h6-7,9-11,13,18-19H,3-5,8H2,1-2H3,(H,20,22)/t13-,18+/m1/s1. The van der Waals surface area contributed by atoms with Gasteiger partial charge in [-0.2, -0.15) is 10.2 Å². The van der Waals surface area contributed by atoms with Crippen molar-refractivity contribution in [3.63, 3.8) is 0 Å². The molecule has 2 aromatic heterocycles. The Hall–Kier alpha value is -2.34. The number of hydrogen-bond donors (Lipinski definition) is 2. The first-order valence-corrected chi connectivity index (χ1v) is 8.56. The molecule has 3 heterocycles. The molecule has 24 heavy (non-hydrogen) atoms. The average molecular weight is 325 g/mol. The van der Waals surface area contributed by atoms with Crippen molar-refractivity contribution in [2.24, 2.45) is 5.92 Å². The predicted octanol–water partition coefficient (Wildman–Crippen LogP) is 3.28. The van der Waals surface area contributed by atoms with E-state index in [2.05, 4.69) is 52.8 Å². The van der Waals surface area contributed by atoms with Crippen LogP contribution in [-0.2, 0) is 11.3 Å². The second kappa shape index (κ2) is 6.28. The molecule has 6 heteroatoms. The number of H-pyrrole nitrogens is 1. The molecular weight excluding hydrogens is 302 g/mol. The third-order valence-electron chi connectivity index (χ3n) is 4.86. The van der Waals surface area contributed by atoms with Crippen molar-refractivity contribution >= 4 is 16.6 Å². The number of rotatable bonds is 5. The van der Waals surface area contributed by atoms with Crippen LogP contribution in [-0.4, -0.2) is 33.1 Å². The number of fused-ring (bicyclic) bond motifs is 1. The fourth-order valence-corrected chi connectivity index (χ4v) is 3.44. The van der Waals surface area contributed by atoms with Crippen LogP contribution in [0.25, 0.3) is 10.9 Å². The predicted molar refractivity (Wildman–Crippen MR) is 94.0 cm³/mol. The van der Waals surface area contributed by atoms with Crippen LogP contribution in [0.4, 0.5) is 5.69 Å². The monoisotopic (exact) mass is 325 g/mol. The number of nitrogens with zero attached hydrogens (tertiary/aromatic N) is 3. The Morgan fingerprint density at radius 1 is 1.38 bits per heavy atom. The molecular formula is C18H23N5O. The van der Waals surface area contributed by atoms with Gasteiger partial charge in [-0.3, -0.25) is 9.78 Å². The van der Waals surface area contributed by atoms with Gasteiger partial charge in [0, 0.05) is 48.4 Å². The highest BCUT2D eigenvalue weighted by atomic mass is 16.5. The maximum Gasteiger partial charge on any atom is 0.0901 e. The molecule has 0 amide bonds. The molecule has 0 radical (unpaired) electrons. The number of anilines is 1. The zero-order valence-electron chi connectivity index (χ0n) is 14.1. The lowest BCUT2D eigenvalue weighted by atomic mass is 9.97. The van der Waals surface area contributed by atoms with E-state index in [0.29, 0.717) is 5.92 Å². The van der Waals surface area contributed by atoms with Gasteiger partial charge in [-0.25, -0.2) is 0 Å². The topological polar surface area (TPSA) is 67.8 Å². The molecule has 2 N–H and O–H groups in total. The molecule has 0 unspecified atom stereocenters. The van der Waals surface area contributed by atoms with E-state index < -0.39 is 0 Å². The van der Waals surface area contributed by atoms with Crippen molar-refractivity contribution in [1.82, 2.24) is 20.0 Å². The van der Waals surface area contributed by atoms with Crippen molar-refractivity contribution in [2.75, 3.05) is 18.5 Å². The van der Waals surface area contributed by atoms with Gasteiger partial charge in [0.1, 0.15) is 0 Å². The Kier molecular flexibility index (Phi) is 3.98. The van der Waals surface area contributed by atoms with E-state index >= 15 is 0 Å². The van der Waals surface area contributed by atoms with Crippen molar-refractivity contribution in [3.05, 3.63) is 41.9 Å². The lowest BCUT2D eigenvalue weighted by Crippen LogP contribution is -2.18. The molecule has 1 saturated heterocycles. The van der Waals surface area contributed by atoms with Gasteiger partial charge in [-0.1, -0.05) is 0 Å². The van der Waals surface area contributed by atoms with Crippen LogP contribution in [0.15, 0.2) is 30.7 Å². The molecule has 0 aliphatic carbocycles. The first-order chi connectivity index (χ1) is 11.7. The number of aryl methyl sites for hydroxylation is 2. The van der Waals surface area contributed by atoms with Crippen molar-refractivity contribution in [3.8, 4) is 0 Å². The minimum absolute atomic E-state index is 0.135. The first-order valence-electron chi connectivity index (χ1n) is 8.56. The van der Waals surface area contributed by atoms with E-state index in [-0.39, 0.29) is 6.10 Å². The highest BCUT2D eigenvalue weighted by Gasteiger charge is 2.30. The molecule has 1 aromatic carbocycles. The summed E-state index contributed by atoms with van der Waals surface area (Å²) < 4.78 is 7.93. The number of aromatic amines is 1. The van der Waals surface area contributed by atoms with Crippen LogP contribution < -0.4 is 5.32 Å². The third-order valence-corrected chi connectivity index (χ3v) is 4.86. The summed E-state index contributed by atoms with van der Waals surface area (Å²) >= 11 is 0. The first kappa shape index (κ1) is 15.2. The fraction of sp³-hybridized carbons (Fsp3) is 0.444. The lowest BCUT2D eigenvalue weighted by Gasteiger charge is -2.19. The minimum atomic E-state index is 0.135. The summed E-state index contributed by atoms with van der Waals surface area (Å²) in [6.45, 7) is 6.82. The van der Waals surface area contributed by atoms with E-state index in [0.717, 1.165) is 37.0 Å². The van der Waals surface area contributed by atoms with Crippen LogP contribution in [0.3, 0.4) is 0 Å². The van der Waals surface area contributed by atoms with Crippen LogP contribution in [0.5, 0.6) is 0 Å². The van der Waals surface area contributed by atoms with Gasteiger partial charge in [-0.15, -0.1) is 0 Å². The molecule has 2 atom stereocenters. The van der Waals surface area contributed by atoms with Crippen LogP contribution in [0.1, 0.15) is 30.6 Å². The maximum atomic E-state index is 5.98. The summed E-state index contributed by atoms with van der Waals surface area (Å²) in [5.74, 6) is 0.457. The van der Waals surface area contributed by atoms with Gasteiger partial charge < -0.3 is 10.1 Å². The SMILES string of the molecule is CCn1cc([C@H]2OCC[C@@H]2CNc2cc3cn[nH]c3cc2C)cn1. The highest BCUT2D eigenvalue weighted by Crippen LogP contribution is 2.35. The van der Waals surface area contributed by atoms with Gasteiger partial charge >= 0.3 is 0 Å². The fourth-order valence-electron chi connectivity index (χ4n) is 3.44. The molecule has 126 valence electrons. The molecule has 1 aliphatic heterocycles. The van der Waals surface area contributed by atoms with Gasteiger partial charge in [0.05, 0.1) is 24.0 Å². The van der Waals surface area contributed by atoms with E-state index in [9.17, 15) is 0 Å². The second-order valence-corrected chi connectivity index (χ2v) is 6.47. The van der Waals surface area contributed by atoms with Gasteiger partial charge in [0.15, 0.2) is 0 Å². The summed E-state index contributed by atoms with van der Waals surface area (Å²) in [4.78, 5) is 0. The summed E-state index contributed by atoms with van der Waals surface area (Å²) in [5.41, 5.74) is 4.65. The van der Waals surface area contributed by atoms with Gasteiger partial charge in [-0.05, 0) is 38.0 Å². The summed E-state index contributed by atoms with van der Waals surface area (Å²) in [6.07, 6.45) is 7.11. The van der Waals surface area contributed by atoms with E-state index in [1.807, 2.05) is 17.1 Å². The minimum Gasteiger partial charge on any atom is -0.384 e. The molecule has 3 aromatic rings. The molecule has 0 spiro atoms. The molecule has 0 bridgehead atoms. The van der Waals surface area contributed by atoms with Gasteiger partial charge in [0.25, 0.3) is 0 Å². The lowest BCUT2D eigenvalue weighted by molar-refractivity contribution is 0.0932. The second-order valence-electron chi connectivity index (χ2n) is 6.47. The molecule has 1 fully saturated rings. The Labute approximate surface area is 141 Å². The molecule has 1 aliphatic rings. The zero-order valence-corrected chi connectivity index (χ0v) is 14.1. The maximum absolute atomic E-state index is 5.98. The average Bonchev–Trinajstić information content (AvgIpc) is 3.31. The Bertz CT molecular complexity index is 837. The number of hydrogen-bond acceptors (Lipinski definition) is 4. The molecule has 6 nitrogen and oxygen atoms in total. The molecule has 0 saturated carbocycles. The number of nitrogens with one attached hydrogen (secondary N) is 2. The Morgan fingerprint density at radius 2 is 2.29 bits per heavy atom. The van der Waals surface area contributed by atoms with Crippen LogP contribution >= 0.6 is 0 Å². The largest absolute Gasteiger partial charge is 0.384 e. The van der Waals surface area contributed by atoms with Crippen molar-refractivity contribution in [1.29, 1.82) is 0 Å². The quantitative estimate of drug-likeness (QED) is 0.755. The van der Waals surface area contributed by atoms with Crippen molar-refractivity contribution < 1.29 is 4.74 Å². The van der Waals surface area contributed by atoms with Gasteiger partial charge in [0.2, 0.25) is 0 Å². The third kappa shape index (κ3) is 2.78. The summed E-state index contributed by atoms with van der Waals surface area (Å²) in [7, 11) is 0. The Morgan fingerprint density at radius 3 is 3.12 bits per heavy atom. The number of aromatic nitrogens is 4. The zero-order chi connectivity index (χ0) is 16.5. The summed E-state index contributed by atoms with van der Waals surface area (Å²) in [5, 5.41) is 16.2.